The van der Waals surface area contributed by atoms with E-state index in [0.29, 0.717) is 33.7 Å². The minimum absolute atomic E-state index is 0.142. The van der Waals surface area contributed by atoms with Crippen LogP contribution in [0.25, 0.3) is 22.4 Å². The molecule has 39 heavy (non-hydrogen) atoms. The number of aryl methyl sites for hydroxylation is 1. The number of fused-ring (bicyclic) bond motifs is 1. The quantitative estimate of drug-likeness (QED) is 0.201. The Labute approximate surface area is 233 Å². The molecule has 0 spiro atoms. The minimum Gasteiger partial charge on any atom is -0.618 e. The van der Waals surface area contributed by atoms with E-state index in [1.54, 1.807) is 30.5 Å². The summed E-state index contributed by atoms with van der Waals surface area (Å²) in [5.74, 6) is -0.142. The van der Waals surface area contributed by atoms with E-state index in [4.69, 9.17) is 23.2 Å². The molecule has 1 atom stereocenters. The summed E-state index contributed by atoms with van der Waals surface area (Å²) in [6.07, 6.45) is 4.55. The number of amides is 1. The molecule has 3 heterocycles. The summed E-state index contributed by atoms with van der Waals surface area (Å²) in [6, 6.07) is 14.7. The monoisotopic (exact) mass is 561 g/mol. The van der Waals surface area contributed by atoms with Crippen molar-refractivity contribution in [1.29, 1.82) is 0 Å². The zero-order valence-electron chi connectivity index (χ0n) is 20.6. The van der Waals surface area contributed by atoms with Gasteiger partial charge in [0.1, 0.15) is 11.5 Å². The van der Waals surface area contributed by atoms with E-state index in [2.05, 4.69) is 30.6 Å². The van der Waals surface area contributed by atoms with Crippen LogP contribution in [0.5, 0.6) is 0 Å². The van der Waals surface area contributed by atoms with E-state index < -0.39 is 6.09 Å². The highest BCUT2D eigenvalue weighted by molar-refractivity contribution is 6.35. The van der Waals surface area contributed by atoms with E-state index >= 15 is 0 Å². The van der Waals surface area contributed by atoms with Crippen LogP contribution in [-0.2, 0) is 11.2 Å². The summed E-state index contributed by atoms with van der Waals surface area (Å²) < 4.78 is 7.11. The number of methoxy groups -OCH3 is 1. The maximum atomic E-state index is 13.4. The number of rotatable bonds is 5. The van der Waals surface area contributed by atoms with Crippen molar-refractivity contribution in [2.45, 2.75) is 25.2 Å². The van der Waals surface area contributed by atoms with Crippen LogP contribution < -0.4 is 10.0 Å². The maximum absolute atomic E-state index is 13.4. The van der Waals surface area contributed by atoms with Crippen molar-refractivity contribution in [3.8, 4) is 16.8 Å². The topological polar surface area (TPSA) is 121 Å². The van der Waals surface area contributed by atoms with E-state index in [0.717, 1.165) is 51.1 Å². The van der Waals surface area contributed by atoms with Gasteiger partial charge in [0.2, 0.25) is 5.69 Å². The predicted octanol–water partition coefficient (Wildman–Crippen LogP) is 5.28. The number of aromatic nitrogens is 5. The number of anilines is 1. The summed E-state index contributed by atoms with van der Waals surface area (Å²) in [5.41, 5.74) is 7.08. The lowest BCUT2D eigenvalue weighted by atomic mass is 9.93. The van der Waals surface area contributed by atoms with Gasteiger partial charge < -0.3 is 9.94 Å². The third-order valence-electron chi connectivity index (χ3n) is 6.97. The highest BCUT2D eigenvalue weighted by Gasteiger charge is 2.37. The number of nitrogens with one attached hydrogen (secondary N) is 1. The lowest BCUT2D eigenvalue weighted by molar-refractivity contribution is -0.613. The summed E-state index contributed by atoms with van der Waals surface area (Å²) in [4.78, 5) is 16.1. The van der Waals surface area contributed by atoms with Crippen LogP contribution in [0.2, 0.25) is 5.02 Å². The van der Waals surface area contributed by atoms with Gasteiger partial charge in [-0.2, -0.15) is 9.41 Å². The molecular weight excluding hydrogens is 541 g/mol. The Morgan fingerprint density at radius 2 is 1.97 bits per heavy atom. The summed E-state index contributed by atoms with van der Waals surface area (Å²) in [6.45, 7) is 0. The van der Waals surface area contributed by atoms with Gasteiger partial charge in [0.05, 0.1) is 18.7 Å². The second-order valence-electron chi connectivity index (χ2n) is 9.22. The van der Waals surface area contributed by atoms with Gasteiger partial charge in [0.15, 0.2) is 6.20 Å². The molecule has 0 saturated carbocycles. The van der Waals surface area contributed by atoms with E-state index in [1.807, 2.05) is 24.3 Å². The second kappa shape index (κ2) is 10.1. The molecular formula is C27H21Cl2N7O3. The Hall–Kier alpha value is -4.28. The third kappa shape index (κ3) is 4.73. The number of pyridine rings is 1. The van der Waals surface area contributed by atoms with Gasteiger partial charge in [0, 0.05) is 45.1 Å². The van der Waals surface area contributed by atoms with Crippen molar-refractivity contribution in [3.63, 3.8) is 0 Å². The van der Waals surface area contributed by atoms with Gasteiger partial charge in [-0.15, -0.1) is 5.10 Å². The van der Waals surface area contributed by atoms with Gasteiger partial charge in [-0.3, -0.25) is 5.32 Å². The molecule has 1 unspecified atom stereocenters. The predicted molar refractivity (Wildman–Crippen MR) is 147 cm³/mol. The molecule has 2 aliphatic rings. The normalized spacial score (nSPS) is 16.3. The zero-order chi connectivity index (χ0) is 27.1. The number of carbonyl (C=O) groups is 1. The Morgan fingerprint density at radius 3 is 2.72 bits per heavy atom. The average molecular weight is 562 g/mol. The highest BCUT2D eigenvalue weighted by Crippen LogP contribution is 2.42. The highest BCUT2D eigenvalue weighted by atomic mass is 35.5. The number of carbonyl (C=O) groups excluding carboxylic acids is 1. The van der Waals surface area contributed by atoms with Crippen molar-refractivity contribution in [1.82, 2.24) is 20.2 Å². The number of benzene rings is 2. The molecule has 0 bridgehead atoms. The number of tetrazole rings is 1. The fourth-order valence-electron chi connectivity index (χ4n) is 5.17. The first kappa shape index (κ1) is 25.0. The van der Waals surface area contributed by atoms with Gasteiger partial charge in [-0.05, 0) is 65.2 Å². The SMILES string of the molecule is COC(=O)Nc1ccc(C2=C(Cl)N=C(C3CCc4cc(-c5cc(Cl)ccc5-n5cnnn5)c[n+]([O-])c43)C2)cc1. The van der Waals surface area contributed by atoms with Crippen LogP contribution in [0.1, 0.15) is 35.6 Å². The fourth-order valence-corrected chi connectivity index (χ4v) is 5.62. The number of hydrogen-bond donors (Lipinski definition) is 1. The number of ether oxygens (including phenoxy) is 1. The smallest absolute Gasteiger partial charge is 0.411 e. The third-order valence-corrected chi connectivity index (χ3v) is 7.51. The molecule has 0 saturated heterocycles. The van der Waals surface area contributed by atoms with Crippen LogP contribution in [0.3, 0.4) is 0 Å². The first-order valence-electron chi connectivity index (χ1n) is 12.1. The molecule has 2 aromatic heterocycles. The summed E-state index contributed by atoms with van der Waals surface area (Å²) >= 11 is 12.9. The number of aliphatic imine (C=N–C) groups is 1. The van der Waals surface area contributed by atoms with E-state index in [9.17, 15) is 10.0 Å². The molecule has 0 fully saturated rings. The summed E-state index contributed by atoms with van der Waals surface area (Å²) in [5, 5.41) is 28.4. The minimum atomic E-state index is -0.539. The summed E-state index contributed by atoms with van der Waals surface area (Å²) in [7, 11) is 1.31. The van der Waals surface area contributed by atoms with Gasteiger partial charge >= 0.3 is 6.09 Å². The van der Waals surface area contributed by atoms with Crippen LogP contribution in [-0.4, -0.2) is 39.1 Å². The zero-order valence-corrected chi connectivity index (χ0v) is 22.1. The standard InChI is InChI=1S/C27H21Cl2N7O3/c1-39-27(37)31-19-6-2-15(3-7-19)22-12-23(32-26(22)29)20-8-4-16-10-17(13-36(38)25(16)20)21-11-18(28)5-9-24(21)35-14-30-33-34-35/h2-3,5-7,9-11,13-14,20H,4,8,12H2,1H3,(H,31,37). The Kier molecular flexibility index (Phi) is 6.49. The Morgan fingerprint density at radius 1 is 1.15 bits per heavy atom. The Balaban J connectivity index is 1.26. The number of hydrogen-bond acceptors (Lipinski definition) is 7. The molecule has 196 valence electrons. The Bertz CT molecular complexity index is 1650. The van der Waals surface area contributed by atoms with Crippen molar-refractivity contribution < 1.29 is 14.3 Å². The molecule has 2 aromatic carbocycles. The van der Waals surface area contributed by atoms with Gasteiger partial charge in [0.25, 0.3) is 0 Å². The average Bonchev–Trinajstić information content (AvgIpc) is 3.69. The van der Waals surface area contributed by atoms with Gasteiger partial charge in [-0.25, -0.2) is 9.79 Å². The fraction of sp³-hybridized carbons (Fsp3) is 0.185. The van der Waals surface area contributed by atoms with Crippen LogP contribution in [0, 0.1) is 5.21 Å². The molecule has 4 aromatic rings. The number of halogens is 2. The molecule has 1 aliphatic carbocycles. The lowest BCUT2D eigenvalue weighted by Crippen LogP contribution is -2.34. The molecule has 6 rings (SSSR count). The van der Waals surface area contributed by atoms with E-state index in [-0.39, 0.29) is 5.92 Å². The van der Waals surface area contributed by atoms with Crippen molar-refractivity contribution in [2.75, 3.05) is 12.4 Å². The largest absolute Gasteiger partial charge is 0.618 e. The number of nitrogens with zero attached hydrogens (tertiary/aromatic N) is 6. The van der Waals surface area contributed by atoms with Crippen LogP contribution in [0.15, 0.2) is 71.2 Å². The first-order chi connectivity index (χ1) is 18.9. The number of allylic oxidation sites excluding steroid dienone is 1. The molecule has 12 heteroatoms. The van der Waals surface area contributed by atoms with Crippen molar-refractivity contribution in [3.05, 3.63) is 93.3 Å². The van der Waals surface area contributed by atoms with Crippen molar-refractivity contribution in [2.24, 2.45) is 4.99 Å². The maximum Gasteiger partial charge on any atom is 0.411 e. The first-order valence-corrected chi connectivity index (χ1v) is 12.9. The molecule has 1 N–H and O–H groups in total. The van der Waals surface area contributed by atoms with E-state index in [1.165, 1.54) is 18.1 Å². The molecule has 1 amide bonds. The molecule has 10 nitrogen and oxygen atoms in total. The molecule has 1 aliphatic heterocycles. The van der Waals surface area contributed by atoms with Crippen LogP contribution in [0.4, 0.5) is 10.5 Å². The van der Waals surface area contributed by atoms with Gasteiger partial charge in [-0.1, -0.05) is 35.3 Å². The second-order valence-corrected chi connectivity index (χ2v) is 10.0. The van der Waals surface area contributed by atoms with Crippen molar-refractivity contribution >= 4 is 46.3 Å². The van der Waals surface area contributed by atoms with Crippen LogP contribution >= 0.6 is 23.2 Å². The molecule has 0 radical (unpaired) electrons. The lowest BCUT2D eigenvalue weighted by Gasteiger charge is -2.14.